The summed E-state index contributed by atoms with van der Waals surface area (Å²) in [5.74, 6) is 2.59. The van der Waals surface area contributed by atoms with Crippen LogP contribution in [-0.2, 0) is 6.18 Å². The number of alkyl halides is 3. The van der Waals surface area contributed by atoms with Gasteiger partial charge in [-0.1, -0.05) is 6.07 Å². The molecule has 0 aromatic heterocycles. The Morgan fingerprint density at radius 3 is 2.32 bits per heavy atom. The summed E-state index contributed by atoms with van der Waals surface area (Å²) < 4.78 is 39.0. The standard InChI is InChI=1S/C21H30F3N3S/c22-21(23,24)17-3-1-4-19(15-17)25-9-11-26(12-10-25)20-5-2-8-27(16-20)18-6-13-28-14-7-18/h1,3-4,15,18,20H,2,5-14,16H2. The van der Waals surface area contributed by atoms with Gasteiger partial charge in [-0.2, -0.15) is 24.9 Å². The van der Waals surface area contributed by atoms with Crippen LogP contribution in [0.4, 0.5) is 18.9 Å². The van der Waals surface area contributed by atoms with Crippen molar-refractivity contribution in [2.24, 2.45) is 0 Å². The van der Waals surface area contributed by atoms with E-state index in [1.54, 1.807) is 6.07 Å². The van der Waals surface area contributed by atoms with Crippen LogP contribution in [0.2, 0.25) is 0 Å². The highest BCUT2D eigenvalue weighted by atomic mass is 32.2. The van der Waals surface area contributed by atoms with Crippen LogP contribution in [0.25, 0.3) is 0 Å². The van der Waals surface area contributed by atoms with Gasteiger partial charge in [-0.15, -0.1) is 0 Å². The molecule has 3 heterocycles. The molecule has 0 saturated carbocycles. The molecule has 1 atom stereocenters. The lowest BCUT2D eigenvalue weighted by atomic mass is 9.99. The molecule has 156 valence electrons. The van der Waals surface area contributed by atoms with E-state index in [2.05, 4.69) is 26.5 Å². The number of anilines is 1. The Morgan fingerprint density at radius 2 is 1.61 bits per heavy atom. The molecule has 3 nitrogen and oxygen atoms in total. The first kappa shape index (κ1) is 20.4. The first-order chi connectivity index (χ1) is 13.5. The minimum absolute atomic E-state index is 0.555. The van der Waals surface area contributed by atoms with Crippen LogP contribution >= 0.6 is 11.8 Å². The zero-order valence-corrected chi connectivity index (χ0v) is 17.1. The monoisotopic (exact) mass is 413 g/mol. The lowest BCUT2D eigenvalue weighted by Crippen LogP contribution is -2.56. The van der Waals surface area contributed by atoms with Gasteiger partial charge in [0.2, 0.25) is 0 Å². The van der Waals surface area contributed by atoms with Gasteiger partial charge in [0.15, 0.2) is 0 Å². The summed E-state index contributed by atoms with van der Waals surface area (Å²) in [4.78, 5) is 7.39. The van der Waals surface area contributed by atoms with Crippen molar-refractivity contribution in [1.82, 2.24) is 9.80 Å². The van der Waals surface area contributed by atoms with E-state index in [0.717, 1.165) is 38.3 Å². The molecule has 28 heavy (non-hydrogen) atoms. The number of piperidine rings is 1. The summed E-state index contributed by atoms with van der Waals surface area (Å²) in [7, 11) is 0. The number of rotatable bonds is 3. The average molecular weight is 414 g/mol. The Balaban J connectivity index is 1.32. The van der Waals surface area contributed by atoms with E-state index in [4.69, 9.17) is 0 Å². The molecule has 3 fully saturated rings. The van der Waals surface area contributed by atoms with Gasteiger partial charge in [-0.3, -0.25) is 9.80 Å². The summed E-state index contributed by atoms with van der Waals surface area (Å²) in [5.41, 5.74) is 0.139. The summed E-state index contributed by atoms with van der Waals surface area (Å²) in [6.45, 7) is 5.88. The number of hydrogen-bond acceptors (Lipinski definition) is 4. The zero-order chi connectivity index (χ0) is 19.6. The summed E-state index contributed by atoms with van der Waals surface area (Å²) in [6, 6.07) is 7.13. The second kappa shape index (κ2) is 8.84. The van der Waals surface area contributed by atoms with Crippen LogP contribution in [-0.4, -0.2) is 72.7 Å². The second-order valence-electron chi connectivity index (χ2n) is 8.21. The van der Waals surface area contributed by atoms with Crippen LogP contribution < -0.4 is 4.90 Å². The Kier molecular flexibility index (Phi) is 6.43. The van der Waals surface area contributed by atoms with Crippen LogP contribution in [0.15, 0.2) is 24.3 Å². The largest absolute Gasteiger partial charge is 0.416 e. The van der Waals surface area contributed by atoms with Gasteiger partial charge in [0.1, 0.15) is 0 Å². The van der Waals surface area contributed by atoms with Crippen LogP contribution in [0.1, 0.15) is 31.2 Å². The van der Waals surface area contributed by atoms with Crippen molar-refractivity contribution in [3.05, 3.63) is 29.8 Å². The molecule has 0 spiro atoms. The van der Waals surface area contributed by atoms with E-state index in [9.17, 15) is 13.2 Å². The minimum Gasteiger partial charge on any atom is -0.369 e. The van der Waals surface area contributed by atoms with Crippen molar-refractivity contribution in [1.29, 1.82) is 0 Å². The van der Waals surface area contributed by atoms with E-state index in [-0.39, 0.29) is 0 Å². The molecule has 0 N–H and O–H groups in total. The first-order valence-corrected chi connectivity index (χ1v) is 11.6. The summed E-state index contributed by atoms with van der Waals surface area (Å²) >= 11 is 2.08. The molecule has 3 aliphatic heterocycles. The predicted molar refractivity (Wildman–Crippen MR) is 110 cm³/mol. The molecule has 0 bridgehead atoms. The van der Waals surface area contributed by atoms with E-state index in [1.165, 1.54) is 62.4 Å². The maximum absolute atomic E-state index is 13.0. The van der Waals surface area contributed by atoms with Gasteiger partial charge in [-0.05, 0) is 61.9 Å². The Bertz CT molecular complexity index is 640. The van der Waals surface area contributed by atoms with E-state index >= 15 is 0 Å². The molecular weight excluding hydrogens is 383 g/mol. The Morgan fingerprint density at radius 1 is 0.857 bits per heavy atom. The van der Waals surface area contributed by atoms with Crippen molar-refractivity contribution >= 4 is 17.4 Å². The molecule has 4 rings (SSSR count). The predicted octanol–water partition coefficient (Wildman–Crippen LogP) is 4.19. The number of piperazine rings is 1. The quantitative estimate of drug-likeness (QED) is 0.735. The topological polar surface area (TPSA) is 9.72 Å². The molecule has 0 radical (unpaired) electrons. The third-order valence-electron chi connectivity index (χ3n) is 6.50. The zero-order valence-electron chi connectivity index (χ0n) is 16.3. The van der Waals surface area contributed by atoms with Gasteiger partial charge < -0.3 is 4.90 Å². The highest BCUT2D eigenvalue weighted by Crippen LogP contribution is 2.32. The molecular formula is C21H30F3N3S. The molecule has 3 saturated heterocycles. The fourth-order valence-corrected chi connectivity index (χ4v) is 5.97. The SMILES string of the molecule is FC(F)(F)c1cccc(N2CCN(C3CCCN(C4CCSCC4)C3)CC2)c1. The highest BCUT2D eigenvalue weighted by molar-refractivity contribution is 7.99. The molecule has 0 amide bonds. The lowest BCUT2D eigenvalue weighted by Gasteiger charge is -2.46. The number of nitrogens with zero attached hydrogens (tertiary/aromatic N) is 3. The summed E-state index contributed by atoms with van der Waals surface area (Å²) in [5, 5.41) is 0. The summed E-state index contributed by atoms with van der Waals surface area (Å²) in [6.07, 6.45) is 0.881. The fourth-order valence-electron chi connectivity index (χ4n) is 4.89. The van der Waals surface area contributed by atoms with Crippen LogP contribution in [0, 0.1) is 0 Å². The lowest BCUT2D eigenvalue weighted by molar-refractivity contribution is -0.137. The fraction of sp³-hybridized carbons (Fsp3) is 0.714. The van der Waals surface area contributed by atoms with E-state index in [0.29, 0.717) is 11.7 Å². The van der Waals surface area contributed by atoms with Crippen LogP contribution in [0.5, 0.6) is 0 Å². The first-order valence-electron chi connectivity index (χ1n) is 10.5. The van der Waals surface area contributed by atoms with Crippen molar-refractivity contribution < 1.29 is 13.2 Å². The minimum atomic E-state index is -4.28. The molecule has 7 heteroatoms. The maximum atomic E-state index is 13.0. The van der Waals surface area contributed by atoms with Gasteiger partial charge in [-0.25, -0.2) is 0 Å². The molecule has 0 aliphatic carbocycles. The number of halogens is 3. The number of thioether (sulfide) groups is 1. The van der Waals surface area contributed by atoms with Gasteiger partial charge in [0.25, 0.3) is 0 Å². The Hall–Kier alpha value is -0.920. The third-order valence-corrected chi connectivity index (χ3v) is 7.55. The maximum Gasteiger partial charge on any atom is 0.416 e. The van der Waals surface area contributed by atoms with Gasteiger partial charge in [0, 0.05) is 50.5 Å². The average Bonchev–Trinajstić information content (AvgIpc) is 2.74. The Labute approximate surface area is 170 Å². The van der Waals surface area contributed by atoms with E-state index < -0.39 is 11.7 Å². The molecule has 1 unspecified atom stereocenters. The van der Waals surface area contributed by atoms with Crippen molar-refractivity contribution in [2.45, 2.75) is 43.9 Å². The molecule has 3 aliphatic rings. The van der Waals surface area contributed by atoms with Crippen molar-refractivity contribution in [3.63, 3.8) is 0 Å². The molecule has 1 aromatic rings. The third kappa shape index (κ3) is 4.79. The van der Waals surface area contributed by atoms with Crippen molar-refractivity contribution in [2.75, 3.05) is 55.7 Å². The van der Waals surface area contributed by atoms with Crippen LogP contribution in [0.3, 0.4) is 0 Å². The van der Waals surface area contributed by atoms with E-state index in [1.807, 2.05) is 0 Å². The number of likely N-dealkylation sites (tertiary alicyclic amines) is 1. The van der Waals surface area contributed by atoms with Crippen molar-refractivity contribution in [3.8, 4) is 0 Å². The van der Waals surface area contributed by atoms with Gasteiger partial charge >= 0.3 is 6.18 Å². The number of hydrogen-bond donors (Lipinski definition) is 0. The molecule has 1 aromatic carbocycles. The normalized spacial score (nSPS) is 26.5. The van der Waals surface area contributed by atoms with Gasteiger partial charge in [0.05, 0.1) is 5.56 Å². The number of benzene rings is 1. The second-order valence-corrected chi connectivity index (χ2v) is 9.43. The smallest absolute Gasteiger partial charge is 0.369 e. The highest BCUT2D eigenvalue weighted by Gasteiger charge is 2.33.